The lowest BCUT2D eigenvalue weighted by Gasteiger charge is -2.37. The molecule has 3 aliphatic heterocycles. The molecule has 7 nitrogen and oxygen atoms in total. The van der Waals surface area contributed by atoms with E-state index in [0.29, 0.717) is 25.9 Å². The van der Waals surface area contributed by atoms with Crippen molar-refractivity contribution in [1.29, 1.82) is 0 Å². The van der Waals surface area contributed by atoms with Gasteiger partial charge in [-0.2, -0.15) is 0 Å². The van der Waals surface area contributed by atoms with E-state index in [1.54, 1.807) is 45.7 Å². The second kappa shape index (κ2) is 10.5. The number of amides is 3. The molecule has 0 aliphatic carbocycles. The van der Waals surface area contributed by atoms with Crippen LogP contribution in [0.15, 0.2) is 67.8 Å². The van der Waals surface area contributed by atoms with E-state index in [-0.39, 0.29) is 30.9 Å². The minimum Gasteiger partial charge on any atom is -0.396 e. The topological polar surface area (TPSA) is 81.2 Å². The number of nitrogens with zero attached hydrogens (tertiary/aromatic N) is 3. The second-order valence-electron chi connectivity index (χ2n) is 11.1. The number of aliphatic hydroxyl groups is 1. The standard InChI is InChI=1S/C31H37N3O4S/c1-5-16-32(4)27(36)24-25-28(37)34(18-9-19-35)26(31(25)15-14-30(24,3)39-31)29(38)33(17-6-2)23-13-12-21-10-7-8-11-22(21)20-23/h5-8,10-13,20,24-26,35H,1-2,9,14-19H2,3-4H3/t24-,25+,26?,30+,31?/m1/s1. The fourth-order valence-electron chi connectivity index (χ4n) is 7.03. The third-order valence-electron chi connectivity index (χ3n) is 8.74. The Morgan fingerprint density at radius 1 is 1.10 bits per heavy atom. The van der Waals surface area contributed by atoms with Crippen molar-refractivity contribution in [2.75, 3.05) is 38.2 Å². The number of thioether (sulfide) groups is 1. The molecule has 206 valence electrons. The number of fused-ring (bicyclic) bond motifs is 2. The van der Waals surface area contributed by atoms with Gasteiger partial charge in [-0.1, -0.05) is 42.5 Å². The lowest BCUT2D eigenvalue weighted by molar-refractivity contribution is -0.144. The van der Waals surface area contributed by atoms with Crippen LogP contribution in [0.4, 0.5) is 5.69 Å². The van der Waals surface area contributed by atoms with E-state index in [1.807, 2.05) is 42.5 Å². The highest BCUT2D eigenvalue weighted by atomic mass is 32.2. The number of anilines is 1. The zero-order valence-electron chi connectivity index (χ0n) is 22.7. The normalized spacial score (nSPS) is 28.9. The molecule has 0 saturated carbocycles. The van der Waals surface area contributed by atoms with Gasteiger partial charge in [-0.3, -0.25) is 14.4 Å². The number of carbonyl (C=O) groups excluding carboxylic acids is 3. The van der Waals surface area contributed by atoms with Crippen LogP contribution >= 0.6 is 11.8 Å². The molecule has 2 bridgehead atoms. The molecule has 5 rings (SSSR count). The molecule has 1 spiro atoms. The maximum atomic E-state index is 14.6. The zero-order valence-corrected chi connectivity index (χ0v) is 23.5. The first-order valence-electron chi connectivity index (χ1n) is 13.6. The van der Waals surface area contributed by atoms with Gasteiger partial charge >= 0.3 is 0 Å². The van der Waals surface area contributed by atoms with Crippen molar-refractivity contribution in [1.82, 2.24) is 9.80 Å². The maximum absolute atomic E-state index is 14.6. The van der Waals surface area contributed by atoms with Crippen LogP contribution in [0.2, 0.25) is 0 Å². The fraction of sp³-hybridized carbons (Fsp3) is 0.452. The summed E-state index contributed by atoms with van der Waals surface area (Å²) in [4.78, 5) is 47.6. The Balaban J connectivity index is 1.58. The first-order chi connectivity index (χ1) is 18.7. The van der Waals surface area contributed by atoms with E-state index in [0.717, 1.165) is 22.9 Å². The summed E-state index contributed by atoms with van der Waals surface area (Å²) in [5.74, 6) is -1.49. The smallest absolute Gasteiger partial charge is 0.251 e. The van der Waals surface area contributed by atoms with Crippen LogP contribution in [0.5, 0.6) is 0 Å². The summed E-state index contributed by atoms with van der Waals surface area (Å²) in [5, 5.41) is 11.7. The number of carbonyl (C=O) groups is 3. The minimum absolute atomic E-state index is 0.0718. The van der Waals surface area contributed by atoms with E-state index < -0.39 is 27.4 Å². The van der Waals surface area contributed by atoms with Crippen molar-refractivity contribution in [2.24, 2.45) is 11.8 Å². The lowest BCUT2D eigenvalue weighted by atomic mass is 9.66. The van der Waals surface area contributed by atoms with Gasteiger partial charge in [0.1, 0.15) is 6.04 Å². The third kappa shape index (κ3) is 4.28. The van der Waals surface area contributed by atoms with Crippen molar-refractivity contribution in [3.8, 4) is 0 Å². The van der Waals surface area contributed by atoms with E-state index in [2.05, 4.69) is 20.1 Å². The van der Waals surface area contributed by atoms with Gasteiger partial charge in [-0.05, 0) is 49.1 Å². The SMILES string of the molecule is C=CCN(C)C(=O)[C@H]1[C@H]2C(=O)N(CCCO)C(C(=O)N(CC=C)c3ccc4ccccc4c3)C23CC[C@]1(C)S3. The first-order valence-corrected chi connectivity index (χ1v) is 14.4. The molecule has 3 amide bonds. The van der Waals surface area contributed by atoms with Crippen LogP contribution in [0.3, 0.4) is 0 Å². The van der Waals surface area contributed by atoms with Crippen LogP contribution in [0.1, 0.15) is 26.2 Å². The molecule has 0 radical (unpaired) electrons. The molecule has 39 heavy (non-hydrogen) atoms. The van der Waals surface area contributed by atoms with Crippen LogP contribution < -0.4 is 4.90 Å². The van der Waals surface area contributed by atoms with Gasteiger partial charge in [0.25, 0.3) is 5.91 Å². The Hall–Kier alpha value is -3.10. The summed E-state index contributed by atoms with van der Waals surface area (Å²) in [6.45, 7) is 10.6. The maximum Gasteiger partial charge on any atom is 0.251 e. The van der Waals surface area contributed by atoms with Gasteiger partial charge in [-0.15, -0.1) is 24.9 Å². The highest BCUT2D eigenvalue weighted by Crippen LogP contribution is 2.71. The van der Waals surface area contributed by atoms with Crippen molar-refractivity contribution in [3.05, 3.63) is 67.8 Å². The summed E-state index contributed by atoms with van der Waals surface area (Å²) in [6, 6.07) is 13.2. The number of rotatable bonds is 10. The Bertz CT molecular complexity index is 1330. The molecule has 3 heterocycles. The lowest BCUT2D eigenvalue weighted by Crippen LogP contribution is -2.55. The van der Waals surface area contributed by atoms with E-state index >= 15 is 0 Å². The highest BCUT2D eigenvalue weighted by molar-refractivity contribution is 8.02. The monoisotopic (exact) mass is 547 g/mol. The van der Waals surface area contributed by atoms with Crippen molar-refractivity contribution < 1.29 is 19.5 Å². The molecular formula is C31H37N3O4S. The summed E-state index contributed by atoms with van der Waals surface area (Å²) in [6.07, 6.45) is 5.20. The predicted molar refractivity (Wildman–Crippen MR) is 156 cm³/mol. The molecule has 1 N–H and O–H groups in total. The molecule has 8 heteroatoms. The zero-order chi connectivity index (χ0) is 27.9. The summed E-state index contributed by atoms with van der Waals surface area (Å²) in [5.41, 5.74) is 0.745. The van der Waals surface area contributed by atoms with Crippen LogP contribution in [-0.2, 0) is 14.4 Å². The molecular weight excluding hydrogens is 510 g/mol. The van der Waals surface area contributed by atoms with Crippen LogP contribution in [-0.4, -0.2) is 81.5 Å². The molecule has 3 fully saturated rings. The highest BCUT2D eigenvalue weighted by Gasteiger charge is 2.77. The number of likely N-dealkylation sites (N-methyl/N-ethyl adjacent to an activating group) is 1. The largest absolute Gasteiger partial charge is 0.396 e. The first kappa shape index (κ1) is 27.5. The number of likely N-dealkylation sites (tertiary alicyclic amines) is 1. The molecule has 3 aliphatic rings. The number of aliphatic hydroxyl groups excluding tert-OH is 1. The number of hydrogen-bond donors (Lipinski definition) is 1. The number of hydrogen-bond acceptors (Lipinski definition) is 5. The van der Waals surface area contributed by atoms with Gasteiger partial charge in [0.2, 0.25) is 11.8 Å². The summed E-state index contributed by atoms with van der Waals surface area (Å²) < 4.78 is -1.13. The second-order valence-corrected chi connectivity index (χ2v) is 13.0. The third-order valence-corrected chi connectivity index (χ3v) is 10.7. The number of benzene rings is 2. The van der Waals surface area contributed by atoms with E-state index in [9.17, 15) is 19.5 Å². The van der Waals surface area contributed by atoms with Crippen LogP contribution in [0.25, 0.3) is 10.8 Å². The van der Waals surface area contributed by atoms with Crippen molar-refractivity contribution >= 4 is 45.9 Å². The van der Waals surface area contributed by atoms with Crippen LogP contribution in [0, 0.1) is 11.8 Å². The Morgan fingerprint density at radius 3 is 2.51 bits per heavy atom. The Kier molecular flexibility index (Phi) is 7.37. The Morgan fingerprint density at radius 2 is 1.82 bits per heavy atom. The molecule has 2 aromatic carbocycles. The molecule has 0 aromatic heterocycles. The van der Waals surface area contributed by atoms with Crippen molar-refractivity contribution in [2.45, 2.75) is 41.7 Å². The summed E-state index contributed by atoms with van der Waals surface area (Å²) >= 11 is 1.66. The van der Waals surface area contributed by atoms with Gasteiger partial charge in [0.05, 0.1) is 16.6 Å². The molecule has 2 aromatic rings. The average molecular weight is 548 g/mol. The van der Waals surface area contributed by atoms with E-state index in [4.69, 9.17) is 0 Å². The minimum atomic E-state index is -0.734. The van der Waals surface area contributed by atoms with Gasteiger partial charge in [-0.25, -0.2) is 0 Å². The molecule has 3 saturated heterocycles. The quantitative estimate of drug-likeness (QED) is 0.457. The van der Waals surface area contributed by atoms with E-state index in [1.165, 1.54) is 0 Å². The molecule has 2 unspecified atom stereocenters. The summed E-state index contributed by atoms with van der Waals surface area (Å²) in [7, 11) is 1.74. The Labute approximate surface area is 234 Å². The van der Waals surface area contributed by atoms with Gasteiger partial charge in [0.15, 0.2) is 0 Å². The fourth-order valence-corrected chi connectivity index (χ4v) is 9.37. The van der Waals surface area contributed by atoms with Gasteiger partial charge < -0.3 is 19.8 Å². The average Bonchev–Trinajstić information content (AvgIpc) is 3.50. The molecule has 5 atom stereocenters. The van der Waals surface area contributed by atoms with Gasteiger partial charge in [0, 0.05) is 43.7 Å². The van der Waals surface area contributed by atoms with Crippen molar-refractivity contribution in [3.63, 3.8) is 0 Å². The predicted octanol–water partition coefficient (Wildman–Crippen LogP) is 3.87.